The molecule has 0 saturated carbocycles. The first-order chi connectivity index (χ1) is 7.79. The van der Waals surface area contributed by atoms with Crippen molar-refractivity contribution in [2.75, 3.05) is 20.3 Å². The highest BCUT2D eigenvalue weighted by molar-refractivity contribution is 9.10. The first-order valence-electron chi connectivity index (χ1n) is 5.47. The summed E-state index contributed by atoms with van der Waals surface area (Å²) in [7, 11) is 1.93. The normalized spacial score (nSPS) is 20.0. The average Bonchev–Trinajstić information content (AvgIpc) is 2.75. The van der Waals surface area contributed by atoms with Gasteiger partial charge in [0, 0.05) is 23.0 Å². The Hall–Kier alpha value is -0.580. The quantitative estimate of drug-likeness (QED) is 0.921. The third-order valence-corrected chi connectivity index (χ3v) is 3.06. The van der Waals surface area contributed by atoms with Crippen molar-refractivity contribution >= 4 is 15.9 Å². The van der Waals surface area contributed by atoms with Gasteiger partial charge >= 0.3 is 0 Å². The van der Waals surface area contributed by atoms with Crippen molar-refractivity contribution in [3.8, 4) is 5.75 Å². The Labute approximate surface area is 104 Å². The maximum Gasteiger partial charge on any atom is 0.124 e. The second-order valence-corrected chi connectivity index (χ2v) is 4.80. The Morgan fingerprint density at radius 1 is 1.56 bits per heavy atom. The van der Waals surface area contributed by atoms with Crippen molar-refractivity contribution in [1.82, 2.24) is 5.32 Å². The number of rotatable bonds is 4. The topological polar surface area (TPSA) is 30.5 Å². The largest absolute Gasteiger partial charge is 0.488 e. The molecule has 0 aromatic heterocycles. The van der Waals surface area contributed by atoms with Crippen molar-refractivity contribution in [2.24, 2.45) is 0 Å². The zero-order valence-electron chi connectivity index (χ0n) is 9.33. The van der Waals surface area contributed by atoms with Crippen LogP contribution in [-0.2, 0) is 11.3 Å². The van der Waals surface area contributed by atoms with E-state index in [1.54, 1.807) is 0 Å². The summed E-state index contributed by atoms with van der Waals surface area (Å²) in [5.41, 5.74) is 1.17. The minimum Gasteiger partial charge on any atom is -0.488 e. The highest BCUT2D eigenvalue weighted by Gasteiger charge is 2.18. The van der Waals surface area contributed by atoms with Gasteiger partial charge in [0.15, 0.2) is 0 Å². The van der Waals surface area contributed by atoms with Crippen LogP contribution in [0, 0.1) is 0 Å². The summed E-state index contributed by atoms with van der Waals surface area (Å²) in [5.74, 6) is 0.952. The van der Waals surface area contributed by atoms with Crippen LogP contribution < -0.4 is 10.1 Å². The lowest BCUT2D eigenvalue weighted by Gasteiger charge is -2.15. The zero-order chi connectivity index (χ0) is 11.4. The molecule has 0 spiro atoms. The lowest BCUT2D eigenvalue weighted by molar-refractivity contribution is 0.140. The van der Waals surface area contributed by atoms with E-state index in [4.69, 9.17) is 9.47 Å². The summed E-state index contributed by atoms with van der Waals surface area (Å²) in [6, 6.07) is 6.10. The lowest BCUT2D eigenvalue weighted by atomic mass is 10.2. The molecule has 16 heavy (non-hydrogen) atoms. The number of hydrogen-bond acceptors (Lipinski definition) is 3. The molecule has 3 nitrogen and oxygen atoms in total. The van der Waals surface area contributed by atoms with Crippen LogP contribution in [0.2, 0.25) is 0 Å². The van der Waals surface area contributed by atoms with Crippen LogP contribution in [0.1, 0.15) is 12.0 Å². The summed E-state index contributed by atoms with van der Waals surface area (Å²) < 4.78 is 12.3. The molecule has 0 aliphatic carbocycles. The monoisotopic (exact) mass is 285 g/mol. The van der Waals surface area contributed by atoms with Gasteiger partial charge in [-0.15, -0.1) is 0 Å². The minimum atomic E-state index is 0.205. The van der Waals surface area contributed by atoms with E-state index in [1.165, 1.54) is 5.56 Å². The third-order valence-electron chi connectivity index (χ3n) is 2.57. The van der Waals surface area contributed by atoms with Gasteiger partial charge in [-0.05, 0) is 25.2 Å². The van der Waals surface area contributed by atoms with E-state index in [1.807, 2.05) is 19.2 Å². The molecule has 1 atom stereocenters. The predicted octanol–water partition coefficient (Wildman–Crippen LogP) is 2.34. The molecule has 0 radical (unpaired) electrons. The number of ether oxygens (including phenoxy) is 2. The van der Waals surface area contributed by atoms with Crippen LogP contribution in [0.15, 0.2) is 22.7 Å². The molecular weight excluding hydrogens is 270 g/mol. The van der Waals surface area contributed by atoms with E-state index < -0.39 is 0 Å². The van der Waals surface area contributed by atoms with E-state index in [0.717, 1.165) is 29.8 Å². The molecule has 1 aromatic rings. The smallest absolute Gasteiger partial charge is 0.124 e. The molecule has 1 N–H and O–H groups in total. The molecule has 1 unspecified atom stereocenters. The summed E-state index contributed by atoms with van der Waals surface area (Å²) in [5, 5.41) is 3.14. The molecule has 0 amide bonds. The lowest BCUT2D eigenvalue weighted by Crippen LogP contribution is -2.17. The van der Waals surface area contributed by atoms with E-state index in [0.29, 0.717) is 6.61 Å². The van der Waals surface area contributed by atoms with Crippen LogP contribution in [-0.4, -0.2) is 26.4 Å². The molecule has 1 heterocycles. The molecule has 2 rings (SSSR count). The summed E-state index contributed by atoms with van der Waals surface area (Å²) >= 11 is 3.47. The molecule has 1 aliphatic rings. The second-order valence-electron chi connectivity index (χ2n) is 3.89. The number of benzene rings is 1. The molecule has 0 bridgehead atoms. The Morgan fingerprint density at radius 3 is 3.12 bits per heavy atom. The number of halogens is 1. The molecule has 4 heteroatoms. The van der Waals surface area contributed by atoms with E-state index >= 15 is 0 Å². The van der Waals surface area contributed by atoms with Crippen molar-refractivity contribution in [3.05, 3.63) is 28.2 Å². The Balaban J connectivity index is 2.11. The maximum atomic E-state index is 5.93. The molecule has 1 fully saturated rings. The van der Waals surface area contributed by atoms with E-state index in [9.17, 15) is 0 Å². The Kier molecular flexibility index (Phi) is 4.21. The maximum absolute atomic E-state index is 5.93. The third kappa shape index (κ3) is 2.97. The Morgan fingerprint density at radius 2 is 2.44 bits per heavy atom. The fourth-order valence-corrected chi connectivity index (χ4v) is 2.19. The van der Waals surface area contributed by atoms with Gasteiger partial charge in [0.25, 0.3) is 0 Å². The van der Waals surface area contributed by atoms with Gasteiger partial charge in [-0.2, -0.15) is 0 Å². The van der Waals surface area contributed by atoms with Crippen LogP contribution in [0.5, 0.6) is 5.75 Å². The average molecular weight is 286 g/mol. The summed E-state index contributed by atoms with van der Waals surface area (Å²) in [6.45, 7) is 2.32. The summed E-state index contributed by atoms with van der Waals surface area (Å²) in [6.07, 6.45) is 1.19. The van der Waals surface area contributed by atoms with Gasteiger partial charge in [-0.1, -0.05) is 15.9 Å². The fraction of sp³-hybridized carbons (Fsp3) is 0.500. The summed E-state index contributed by atoms with van der Waals surface area (Å²) in [4.78, 5) is 0. The second kappa shape index (κ2) is 5.66. The van der Waals surface area contributed by atoms with Crippen LogP contribution in [0.3, 0.4) is 0 Å². The van der Waals surface area contributed by atoms with E-state index in [-0.39, 0.29) is 6.10 Å². The van der Waals surface area contributed by atoms with Crippen molar-refractivity contribution in [3.63, 3.8) is 0 Å². The molecule has 1 aromatic carbocycles. The first kappa shape index (κ1) is 11.9. The molecule has 88 valence electrons. The molecular formula is C12H16BrNO2. The van der Waals surface area contributed by atoms with Crippen LogP contribution >= 0.6 is 15.9 Å². The van der Waals surface area contributed by atoms with Gasteiger partial charge in [-0.3, -0.25) is 0 Å². The highest BCUT2D eigenvalue weighted by Crippen LogP contribution is 2.25. The van der Waals surface area contributed by atoms with Crippen LogP contribution in [0.25, 0.3) is 0 Å². The number of nitrogens with one attached hydrogen (secondary N) is 1. The minimum absolute atomic E-state index is 0.205. The van der Waals surface area contributed by atoms with Gasteiger partial charge < -0.3 is 14.8 Å². The first-order valence-corrected chi connectivity index (χ1v) is 6.26. The fourth-order valence-electron chi connectivity index (χ4n) is 1.78. The van der Waals surface area contributed by atoms with Crippen molar-refractivity contribution in [1.29, 1.82) is 0 Å². The van der Waals surface area contributed by atoms with Gasteiger partial charge in [0.1, 0.15) is 11.9 Å². The van der Waals surface area contributed by atoms with Crippen molar-refractivity contribution in [2.45, 2.75) is 19.1 Å². The van der Waals surface area contributed by atoms with Gasteiger partial charge in [0.2, 0.25) is 0 Å². The number of hydrogen-bond donors (Lipinski definition) is 1. The van der Waals surface area contributed by atoms with Crippen molar-refractivity contribution < 1.29 is 9.47 Å². The molecule has 1 aliphatic heterocycles. The Bertz CT molecular complexity index is 351. The van der Waals surface area contributed by atoms with Gasteiger partial charge in [-0.25, -0.2) is 0 Å². The predicted molar refractivity (Wildman–Crippen MR) is 66.8 cm³/mol. The van der Waals surface area contributed by atoms with E-state index in [2.05, 4.69) is 27.3 Å². The van der Waals surface area contributed by atoms with Gasteiger partial charge in [0.05, 0.1) is 13.2 Å². The highest BCUT2D eigenvalue weighted by atomic mass is 79.9. The zero-order valence-corrected chi connectivity index (χ0v) is 10.9. The molecule has 1 saturated heterocycles. The SMILES string of the molecule is CNCc1cc(Br)ccc1OC1CCOC1. The van der Waals surface area contributed by atoms with Crippen LogP contribution in [0.4, 0.5) is 0 Å². The standard InChI is InChI=1S/C12H16BrNO2/c1-14-7-9-6-10(13)2-3-12(9)16-11-4-5-15-8-11/h2-3,6,11,14H,4-5,7-8H2,1H3.